The first-order valence-electron chi connectivity index (χ1n) is 10.5. The van der Waals surface area contributed by atoms with Gasteiger partial charge in [-0.15, -0.1) is 24.0 Å². The van der Waals surface area contributed by atoms with Crippen molar-refractivity contribution in [2.45, 2.75) is 32.4 Å². The molecule has 0 aromatic heterocycles. The number of benzene rings is 2. The molecule has 1 aliphatic heterocycles. The minimum absolute atomic E-state index is 0. The second kappa shape index (κ2) is 12.7. The third-order valence-corrected chi connectivity index (χ3v) is 5.23. The number of aliphatic hydroxyl groups excluding tert-OH is 1. The normalized spacial score (nSPS) is 14.5. The van der Waals surface area contributed by atoms with Crippen LogP contribution in [0.25, 0.3) is 0 Å². The number of anilines is 2. The Morgan fingerprint density at radius 2 is 1.84 bits per heavy atom. The molecule has 0 amide bonds. The number of hydrogen-bond acceptors (Lipinski definition) is 5. The SMILES string of the molecule is CCNC(=NCc1ccc(N2CCC(O)CC2)c(F)c1)Nc1ccc(OC)c(OC)c1.I. The predicted octanol–water partition coefficient (Wildman–Crippen LogP) is 4.00. The summed E-state index contributed by atoms with van der Waals surface area (Å²) >= 11 is 0. The summed E-state index contributed by atoms with van der Waals surface area (Å²) in [7, 11) is 3.18. The van der Waals surface area contributed by atoms with E-state index in [1.54, 1.807) is 20.3 Å². The molecule has 0 aliphatic carbocycles. The van der Waals surface area contributed by atoms with E-state index >= 15 is 0 Å². The van der Waals surface area contributed by atoms with E-state index in [1.165, 1.54) is 6.07 Å². The summed E-state index contributed by atoms with van der Waals surface area (Å²) in [5, 5.41) is 16.1. The average Bonchev–Trinajstić information content (AvgIpc) is 2.78. The molecule has 176 valence electrons. The Morgan fingerprint density at radius 3 is 2.47 bits per heavy atom. The summed E-state index contributed by atoms with van der Waals surface area (Å²) < 4.78 is 25.3. The van der Waals surface area contributed by atoms with Crippen molar-refractivity contribution in [2.75, 3.05) is 44.1 Å². The molecule has 7 nitrogen and oxygen atoms in total. The van der Waals surface area contributed by atoms with Gasteiger partial charge in [0, 0.05) is 31.4 Å². The maximum absolute atomic E-state index is 14.7. The lowest BCUT2D eigenvalue weighted by Crippen LogP contribution is -2.36. The second-order valence-electron chi connectivity index (χ2n) is 7.39. The number of rotatable bonds is 7. The van der Waals surface area contributed by atoms with E-state index in [0.29, 0.717) is 62.2 Å². The lowest BCUT2D eigenvalue weighted by molar-refractivity contribution is 0.145. The van der Waals surface area contributed by atoms with Crippen LogP contribution < -0.4 is 25.0 Å². The minimum atomic E-state index is -0.282. The van der Waals surface area contributed by atoms with E-state index in [0.717, 1.165) is 11.3 Å². The Morgan fingerprint density at radius 1 is 1.12 bits per heavy atom. The zero-order chi connectivity index (χ0) is 22.2. The number of guanidine groups is 1. The van der Waals surface area contributed by atoms with Gasteiger partial charge in [0.15, 0.2) is 17.5 Å². The van der Waals surface area contributed by atoms with E-state index in [9.17, 15) is 9.50 Å². The zero-order valence-corrected chi connectivity index (χ0v) is 21.1. The first kappa shape index (κ1) is 26.0. The molecule has 0 spiro atoms. The molecule has 32 heavy (non-hydrogen) atoms. The Kier molecular flexibility index (Phi) is 10.3. The molecule has 0 saturated carbocycles. The average molecular weight is 558 g/mol. The first-order chi connectivity index (χ1) is 15.0. The molecule has 2 aromatic rings. The molecule has 1 aliphatic rings. The fraction of sp³-hybridized carbons (Fsp3) is 0.435. The van der Waals surface area contributed by atoms with Gasteiger partial charge in [-0.25, -0.2) is 9.38 Å². The van der Waals surface area contributed by atoms with Gasteiger partial charge in [0.1, 0.15) is 5.82 Å². The summed E-state index contributed by atoms with van der Waals surface area (Å²) in [4.78, 5) is 6.56. The summed E-state index contributed by atoms with van der Waals surface area (Å²) in [5.74, 6) is 1.59. The van der Waals surface area contributed by atoms with Crippen LogP contribution in [0.4, 0.5) is 15.8 Å². The van der Waals surface area contributed by atoms with Gasteiger partial charge in [-0.2, -0.15) is 0 Å². The topological polar surface area (TPSA) is 78.4 Å². The van der Waals surface area contributed by atoms with Crippen LogP contribution in [-0.2, 0) is 6.54 Å². The van der Waals surface area contributed by atoms with Crippen LogP contribution in [0.15, 0.2) is 41.4 Å². The maximum atomic E-state index is 14.7. The predicted molar refractivity (Wildman–Crippen MR) is 137 cm³/mol. The number of piperidine rings is 1. The van der Waals surface area contributed by atoms with Crippen molar-refractivity contribution in [1.29, 1.82) is 0 Å². The number of halogens is 2. The van der Waals surface area contributed by atoms with E-state index in [2.05, 4.69) is 15.6 Å². The quantitative estimate of drug-likeness (QED) is 0.271. The van der Waals surface area contributed by atoms with Crippen LogP contribution in [0.1, 0.15) is 25.3 Å². The van der Waals surface area contributed by atoms with Crippen LogP contribution in [0.3, 0.4) is 0 Å². The number of nitrogens with one attached hydrogen (secondary N) is 2. The van der Waals surface area contributed by atoms with Gasteiger partial charge in [0.05, 0.1) is 32.6 Å². The van der Waals surface area contributed by atoms with Gasteiger partial charge >= 0.3 is 0 Å². The third-order valence-electron chi connectivity index (χ3n) is 5.23. The van der Waals surface area contributed by atoms with Gasteiger partial charge in [0.2, 0.25) is 0 Å². The van der Waals surface area contributed by atoms with E-state index in [-0.39, 0.29) is 35.9 Å². The van der Waals surface area contributed by atoms with Crippen LogP contribution in [0, 0.1) is 5.82 Å². The fourth-order valence-electron chi connectivity index (χ4n) is 3.54. The lowest BCUT2D eigenvalue weighted by atomic mass is 10.1. The van der Waals surface area contributed by atoms with Crippen LogP contribution >= 0.6 is 24.0 Å². The molecule has 1 saturated heterocycles. The highest BCUT2D eigenvalue weighted by molar-refractivity contribution is 14.0. The molecular formula is C23H32FIN4O3. The summed E-state index contributed by atoms with van der Waals surface area (Å²) in [6.07, 6.45) is 1.05. The summed E-state index contributed by atoms with van der Waals surface area (Å²) in [5.41, 5.74) is 2.16. The van der Waals surface area contributed by atoms with Crippen LogP contribution in [-0.4, -0.2) is 51.0 Å². The maximum Gasteiger partial charge on any atom is 0.196 e. The van der Waals surface area contributed by atoms with Gasteiger partial charge in [-0.3, -0.25) is 0 Å². The molecule has 3 rings (SSSR count). The molecule has 1 heterocycles. The summed E-state index contributed by atoms with van der Waals surface area (Å²) in [6, 6.07) is 10.7. The molecule has 2 aromatic carbocycles. The highest BCUT2D eigenvalue weighted by Gasteiger charge is 2.19. The van der Waals surface area contributed by atoms with E-state index in [1.807, 2.05) is 36.1 Å². The van der Waals surface area contributed by atoms with Crippen molar-refractivity contribution in [3.05, 3.63) is 47.8 Å². The van der Waals surface area contributed by atoms with Crippen molar-refractivity contribution >= 4 is 41.3 Å². The van der Waals surface area contributed by atoms with Crippen molar-refractivity contribution in [1.82, 2.24) is 5.32 Å². The molecule has 0 bridgehead atoms. The van der Waals surface area contributed by atoms with Crippen LogP contribution in [0.5, 0.6) is 11.5 Å². The van der Waals surface area contributed by atoms with Crippen molar-refractivity contribution in [3.63, 3.8) is 0 Å². The number of methoxy groups -OCH3 is 2. The lowest BCUT2D eigenvalue weighted by Gasteiger charge is -2.31. The van der Waals surface area contributed by atoms with Gasteiger partial charge in [0.25, 0.3) is 0 Å². The van der Waals surface area contributed by atoms with Gasteiger partial charge in [-0.1, -0.05) is 6.07 Å². The van der Waals surface area contributed by atoms with Crippen molar-refractivity contribution < 1.29 is 19.0 Å². The molecule has 0 radical (unpaired) electrons. The summed E-state index contributed by atoms with van der Waals surface area (Å²) in [6.45, 7) is 4.33. The molecule has 3 N–H and O–H groups in total. The Hall–Kier alpha value is -2.27. The Balaban J connectivity index is 0.00000363. The first-order valence-corrected chi connectivity index (χ1v) is 10.5. The van der Waals surface area contributed by atoms with Gasteiger partial charge < -0.3 is 30.1 Å². The number of aliphatic hydroxyl groups is 1. The zero-order valence-electron chi connectivity index (χ0n) is 18.7. The molecular weight excluding hydrogens is 526 g/mol. The minimum Gasteiger partial charge on any atom is -0.493 e. The molecule has 0 unspecified atom stereocenters. The Labute approximate surface area is 206 Å². The smallest absolute Gasteiger partial charge is 0.196 e. The third kappa shape index (κ3) is 6.86. The van der Waals surface area contributed by atoms with E-state index < -0.39 is 0 Å². The second-order valence-corrected chi connectivity index (χ2v) is 7.39. The number of ether oxygens (including phenoxy) is 2. The number of hydrogen-bond donors (Lipinski definition) is 3. The van der Waals surface area contributed by atoms with Crippen LogP contribution in [0.2, 0.25) is 0 Å². The van der Waals surface area contributed by atoms with Crippen molar-refractivity contribution in [3.8, 4) is 11.5 Å². The fourth-order valence-corrected chi connectivity index (χ4v) is 3.54. The van der Waals surface area contributed by atoms with Crippen molar-refractivity contribution in [2.24, 2.45) is 4.99 Å². The highest BCUT2D eigenvalue weighted by atomic mass is 127. The Bertz CT molecular complexity index is 905. The molecule has 9 heteroatoms. The molecule has 0 atom stereocenters. The largest absolute Gasteiger partial charge is 0.493 e. The van der Waals surface area contributed by atoms with Gasteiger partial charge in [-0.05, 0) is 49.6 Å². The monoisotopic (exact) mass is 558 g/mol. The molecule has 1 fully saturated rings. The standard InChI is InChI=1S/C23H31FN4O3.HI/c1-4-25-23(27-17-6-8-21(30-2)22(14-17)31-3)26-15-16-5-7-20(19(24)13-16)28-11-9-18(29)10-12-28;/h5-8,13-14,18,29H,4,9-12,15H2,1-3H3,(H2,25,26,27);1H. The number of nitrogens with zero attached hydrogens (tertiary/aromatic N) is 2. The van der Waals surface area contributed by atoms with E-state index in [4.69, 9.17) is 9.47 Å². The highest BCUT2D eigenvalue weighted by Crippen LogP contribution is 2.29. The number of aliphatic imine (C=N–C) groups is 1.